The molecule has 1 atom stereocenters. The van der Waals surface area contributed by atoms with Gasteiger partial charge in [-0.15, -0.1) is 0 Å². The third-order valence-corrected chi connectivity index (χ3v) is 2.89. The maximum atomic E-state index is 12.0. The first-order valence-corrected chi connectivity index (χ1v) is 5.75. The zero-order chi connectivity index (χ0) is 13.5. The molecule has 0 spiro atoms. The van der Waals surface area contributed by atoms with Crippen LogP contribution in [0.3, 0.4) is 0 Å². The maximum Gasteiger partial charge on any atom is 0.389 e. The van der Waals surface area contributed by atoms with E-state index in [4.69, 9.17) is 10.5 Å². The minimum Gasteiger partial charge on any atom is -0.466 e. The fourth-order valence-corrected chi connectivity index (χ4v) is 1.66. The van der Waals surface area contributed by atoms with Gasteiger partial charge < -0.3 is 10.5 Å². The van der Waals surface area contributed by atoms with Gasteiger partial charge in [-0.2, -0.15) is 13.2 Å². The molecule has 0 saturated carbocycles. The Balaban J connectivity index is 4.46. The zero-order valence-electron chi connectivity index (χ0n) is 10.3. The van der Waals surface area contributed by atoms with Crippen LogP contribution in [0.4, 0.5) is 13.2 Å². The van der Waals surface area contributed by atoms with Crippen molar-refractivity contribution in [2.75, 3.05) is 13.2 Å². The molecule has 0 aliphatic heterocycles. The summed E-state index contributed by atoms with van der Waals surface area (Å²) >= 11 is 0. The summed E-state index contributed by atoms with van der Waals surface area (Å²) in [7, 11) is 0. The predicted molar refractivity (Wildman–Crippen MR) is 58.3 cm³/mol. The Kier molecular flexibility index (Phi) is 6.52. The lowest BCUT2D eigenvalue weighted by atomic mass is 9.80. The Labute approximate surface area is 99.5 Å². The molecule has 0 amide bonds. The molecule has 0 aromatic rings. The molecule has 0 heterocycles. The highest BCUT2D eigenvalue weighted by molar-refractivity contribution is 5.77. The fraction of sp³-hybridized carbons (Fsp3) is 0.909. The highest BCUT2D eigenvalue weighted by Crippen LogP contribution is 2.32. The van der Waals surface area contributed by atoms with Gasteiger partial charge in [-0.05, 0) is 26.2 Å². The Hall–Kier alpha value is -0.780. The number of alkyl halides is 3. The van der Waals surface area contributed by atoms with E-state index in [2.05, 4.69) is 0 Å². The molecule has 0 aromatic heterocycles. The van der Waals surface area contributed by atoms with Crippen LogP contribution in [-0.2, 0) is 9.53 Å². The van der Waals surface area contributed by atoms with Crippen LogP contribution in [-0.4, -0.2) is 25.3 Å². The number of nitrogens with two attached hydrogens (primary N) is 1. The Morgan fingerprint density at radius 3 is 2.18 bits per heavy atom. The molecule has 0 rings (SSSR count). The van der Waals surface area contributed by atoms with Gasteiger partial charge in [0.15, 0.2) is 0 Å². The van der Waals surface area contributed by atoms with Crippen molar-refractivity contribution in [2.45, 2.75) is 45.7 Å². The summed E-state index contributed by atoms with van der Waals surface area (Å²) in [5.74, 6) is -0.493. The van der Waals surface area contributed by atoms with Gasteiger partial charge in [0.25, 0.3) is 0 Å². The number of carbonyl (C=O) groups excluding carboxylic acids is 1. The summed E-state index contributed by atoms with van der Waals surface area (Å²) in [5.41, 5.74) is 4.55. The first-order valence-electron chi connectivity index (χ1n) is 5.75. The first-order chi connectivity index (χ1) is 7.81. The van der Waals surface area contributed by atoms with Gasteiger partial charge in [0.1, 0.15) is 0 Å². The average molecular weight is 255 g/mol. The topological polar surface area (TPSA) is 52.3 Å². The second-order valence-electron chi connectivity index (χ2n) is 4.03. The average Bonchev–Trinajstić information content (AvgIpc) is 2.23. The molecule has 0 saturated heterocycles. The molecule has 6 heteroatoms. The van der Waals surface area contributed by atoms with E-state index in [0.29, 0.717) is 6.42 Å². The molecule has 0 fully saturated rings. The summed E-state index contributed by atoms with van der Waals surface area (Å²) in [4.78, 5) is 11.7. The molecule has 102 valence electrons. The Bertz CT molecular complexity index is 237. The Morgan fingerprint density at radius 2 is 1.82 bits per heavy atom. The molecule has 0 aliphatic rings. The largest absolute Gasteiger partial charge is 0.466 e. The molecule has 1 unspecified atom stereocenters. The van der Waals surface area contributed by atoms with Crippen molar-refractivity contribution in [1.29, 1.82) is 0 Å². The number of ether oxygens (including phenoxy) is 1. The highest BCUT2D eigenvalue weighted by Gasteiger charge is 2.38. The molecular formula is C11H20F3NO2. The molecule has 17 heavy (non-hydrogen) atoms. The fourth-order valence-electron chi connectivity index (χ4n) is 1.66. The van der Waals surface area contributed by atoms with Crippen LogP contribution < -0.4 is 5.73 Å². The number of carbonyl (C=O) groups is 1. The number of hydrogen-bond donors (Lipinski definition) is 1. The van der Waals surface area contributed by atoms with Gasteiger partial charge in [-0.3, -0.25) is 4.79 Å². The van der Waals surface area contributed by atoms with Crippen molar-refractivity contribution in [1.82, 2.24) is 0 Å². The van der Waals surface area contributed by atoms with Crippen LogP contribution in [0.15, 0.2) is 0 Å². The van der Waals surface area contributed by atoms with E-state index in [9.17, 15) is 18.0 Å². The van der Waals surface area contributed by atoms with Crippen molar-refractivity contribution in [3.05, 3.63) is 0 Å². The van der Waals surface area contributed by atoms with Crippen molar-refractivity contribution in [3.63, 3.8) is 0 Å². The number of hydrogen-bond acceptors (Lipinski definition) is 3. The smallest absolute Gasteiger partial charge is 0.389 e. The van der Waals surface area contributed by atoms with E-state index in [1.807, 2.05) is 0 Å². The van der Waals surface area contributed by atoms with Crippen molar-refractivity contribution in [3.8, 4) is 0 Å². The molecular weight excluding hydrogens is 235 g/mol. The van der Waals surface area contributed by atoms with Gasteiger partial charge in [0.2, 0.25) is 0 Å². The van der Waals surface area contributed by atoms with Gasteiger partial charge in [-0.25, -0.2) is 0 Å². The zero-order valence-corrected chi connectivity index (χ0v) is 10.3. The molecule has 0 bridgehead atoms. The SMILES string of the molecule is CCOC(=O)C(CC)(CN)CCCC(F)(F)F. The first kappa shape index (κ1) is 16.2. The molecule has 0 aromatic carbocycles. The summed E-state index contributed by atoms with van der Waals surface area (Å²) in [6, 6.07) is 0. The second kappa shape index (κ2) is 6.83. The Morgan fingerprint density at radius 1 is 1.24 bits per heavy atom. The normalized spacial score (nSPS) is 15.4. The standard InChI is InChI=1S/C11H20F3NO2/c1-3-10(8-15,9(16)17-4-2)6-5-7-11(12,13)14/h3-8,15H2,1-2H3. The van der Waals surface area contributed by atoms with Crippen LogP contribution in [0, 0.1) is 5.41 Å². The lowest BCUT2D eigenvalue weighted by Crippen LogP contribution is -2.39. The lowest BCUT2D eigenvalue weighted by Gasteiger charge is -2.28. The summed E-state index contributed by atoms with van der Waals surface area (Å²) in [5, 5.41) is 0. The van der Waals surface area contributed by atoms with E-state index in [-0.39, 0.29) is 26.0 Å². The summed E-state index contributed by atoms with van der Waals surface area (Å²) < 4.78 is 41.0. The van der Waals surface area contributed by atoms with Gasteiger partial charge in [-0.1, -0.05) is 6.92 Å². The maximum absolute atomic E-state index is 12.0. The predicted octanol–water partition coefficient (Wildman–Crippen LogP) is 2.64. The summed E-state index contributed by atoms with van der Waals surface area (Å²) in [6.07, 6.45) is -4.69. The van der Waals surface area contributed by atoms with Crippen molar-refractivity contribution < 1.29 is 22.7 Å². The van der Waals surface area contributed by atoms with Crippen molar-refractivity contribution in [2.24, 2.45) is 11.1 Å². The number of halogens is 3. The van der Waals surface area contributed by atoms with Crippen LogP contribution in [0.1, 0.15) is 39.5 Å². The highest BCUT2D eigenvalue weighted by atomic mass is 19.4. The van der Waals surface area contributed by atoms with Crippen LogP contribution >= 0.6 is 0 Å². The summed E-state index contributed by atoms with van der Waals surface area (Å²) in [6.45, 7) is 3.61. The second-order valence-corrected chi connectivity index (χ2v) is 4.03. The molecule has 3 nitrogen and oxygen atoms in total. The van der Waals surface area contributed by atoms with E-state index >= 15 is 0 Å². The minimum absolute atomic E-state index is 0.0141. The third kappa shape index (κ3) is 5.39. The van der Waals surface area contributed by atoms with E-state index in [0.717, 1.165) is 0 Å². The third-order valence-electron chi connectivity index (χ3n) is 2.89. The van der Waals surface area contributed by atoms with Crippen LogP contribution in [0.25, 0.3) is 0 Å². The molecule has 0 radical (unpaired) electrons. The van der Waals surface area contributed by atoms with Crippen LogP contribution in [0.5, 0.6) is 0 Å². The minimum atomic E-state index is -4.19. The number of esters is 1. The van der Waals surface area contributed by atoms with Crippen LogP contribution in [0.2, 0.25) is 0 Å². The molecule has 2 N–H and O–H groups in total. The van der Waals surface area contributed by atoms with Crippen molar-refractivity contribution >= 4 is 5.97 Å². The van der Waals surface area contributed by atoms with Gasteiger partial charge in [0.05, 0.1) is 12.0 Å². The quantitative estimate of drug-likeness (QED) is 0.711. The lowest BCUT2D eigenvalue weighted by molar-refractivity contribution is -0.158. The number of rotatable bonds is 7. The molecule has 0 aliphatic carbocycles. The van der Waals surface area contributed by atoms with E-state index < -0.39 is 24.0 Å². The monoisotopic (exact) mass is 255 g/mol. The van der Waals surface area contributed by atoms with Gasteiger partial charge in [0, 0.05) is 13.0 Å². The van der Waals surface area contributed by atoms with E-state index in [1.165, 1.54) is 0 Å². The van der Waals surface area contributed by atoms with E-state index in [1.54, 1.807) is 13.8 Å². The van der Waals surface area contributed by atoms with Gasteiger partial charge >= 0.3 is 12.1 Å².